The first-order valence-electron chi connectivity index (χ1n) is 13.0. The molecule has 2 aromatic rings. The molecule has 0 aliphatic carbocycles. The highest BCUT2D eigenvalue weighted by Gasteiger charge is 2.56. The highest BCUT2D eigenvalue weighted by Crippen LogP contribution is 2.57. The molecule has 4 aliphatic rings. The van der Waals surface area contributed by atoms with Crippen LogP contribution in [0.3, 0.4) is 0 Å². The van der Waals surface area contributed by atoms with Crippen LogP contribution in [0.5, 0.6) is 23.0 Å². The van der Waals surface area contributed by atoms with Crippen molar-refractivity contribution in [3.05, 3.63) is 57.7 Å². The van der Waals surface area contributed by atoms with Gasteiger partial charge in [0, 0.05) is 47.4 Å². The van der Waals surface area contributed by atoms with Crippen molar-refractivity contribution < 1.29 is 19.7 Å². The first kappa shape index (κ1) is 24.1. The van der Waals surface area contributed by atoms with E-state index in [2.05, 4.69) is 40.9 Å². The molecule has 194 valence electrons. The van der Waals surface area contributed by atoms with Crippen molar-refractivity contribution in [1.29, 1.82) is 5.26 Å². The SMILES string of the molecule is C=CCNC[C@H]1c2c(c(O)c(C)c3c2OCO3)CC2[C@H]3c4c(cc(C)c(C)c4O)C[C@@H]([C@H](C#N)N21)N3C. The Labute approximate surface area is 217 Å². The average molecular weight is 503 g/mol. The minimum Gasteiger partial charge on any atom is -0.507 e. The molecule has 2 bridgehead atoms. The molecule has 37 heavy (non-hydrogen) atoms. The lowest BCUT2D eigenvalue weighted by Gasteiger charge is -2.60. The number of hydrogen-bond acceptors (Lipinski definition) is 8. The molecule has 4 aliphatic heterocycles. The smallest absolute Gasteiger partial charge is 0.231 e. The molecule has 1 fully saturated rings. The van der Waals surface area contributed by atoms with Crippen LogP contribution in [0.4, 0.5) is 0 Å². The summed E-state index contributed by atoms with van der Waals surface area (Å²) in [6, 6.07) is 3.92. The zero-order valence-electron chi connectivity index (χ0n) is 21.8. The molecule has 0 aromatic heterocycles. The molecule has 8 nitrogen and oxygen atoms in total. The quantitative estimate of drug-likeness (QED) is 0.433. The summed E-state index contributed by atoms with van der Waals surface area (Å²) < 4.78 is 11.8. The van der Waals surface area contributed by atoms with E-state index in [1.165, 1.54) is 0 Å². The van der Waals surface area contributed by atoms with E-state index < -0.39 is 0 Å². The van der Waals surface area contributed by atoms with Gasteiger partial charge in [-0.2, -0.15) is 5.26 Å². The van der Waals surface area contributed by atoms with Gasteiger partial charge in [-0.05, 0) is 57.4 Å². The van der Waals surface area contributed by atoms with E-state index in [9.17, 15) is 15.5 Å². The third-order valence-corrected chi connectivity index (χ3v) is 9.09. The summed E-state index contributed by atoms with van der Waals surface area (Å²) in [5.41, 5.74) is 6.43. The van der Waals surface area contributed by atoms with Gasteiger partial charge in [-0.3, -0.25) is 9.80 Å². The zero-order valence-corrected chi connectivity index (χ0v) is 21.8. The topological polar surface area (TPSA) is 101 Å². The van der Waals surface area contributed by atoms with Crippen LogP contribution >= 0.6 is 0 Å². The molecule has 2 aromatic carbocycles. The average Bonchev–Trinajstić information content (AvgIpc) is 3.37. The maximum absolute atomic E-state index is 11.4. The molecule has 6 rings (SSSR count). The van der Waals surface area contributed by atoms with Crippen LogP contribution in [0.2, 0.25) is 0 Å². The summed E-state index contributed by atoms with van der Waals surface area (Å²) in [5, 5.41) is 36.9. The van der Waals surface area contributed by atoms with E-state index in [4.69, 9.17) is 9.47 Å². The van der Waals surface area contributed by atoms with Crippen LogP contribution < -0.4 is 14.8 Å². The number of likely N-dealkylation sites (N-methyl/N-ethyl adjacent to an activating group) is 1. The van der Waals surface area contributed by atoms with Gasteiger partial charge in [0.15, 0.2) is 11.5 Å². The second-order valence-corrected chi connectivity index (χ2v) is 10.8. The number of nitrogens with one attached hydrogen (secondary N) is 1. The molecule has 3 N–H and O–H groups in total. The Morgan fingerprint density at radius 2 is 1.86 bits per heavy atom. The number of aryl methyl sites for hydroxylation is 1. The van der Waals surface area contributed by atoms with Crippen molar-refractivity contribution in [2.75, 3.05) is 26.9 Å². The summed E-state index contributed by atoms with van der Waals surface area (Å²) in [6.07, 6.45) is 3.04. The minimum absolute atomic E-state index is 0.0343. The lowest BCUT2D eigenvalue weighted by atomic mass is 9.71. The molecule has 0 radical (unpaired) electrons. The number of ether oxygens (including phenoxy) is 2. The summed E-state index contributed by atoms with van der Waals surface area (Å²) in [4.78, 5) is 4.60. The van der Waals surface area contributed by atoms with Crippen LogP contribution in [-0.4, -0.2) is 65.1 Å². The van der Waals surface area contributed by atoms with Gasteiger partial charge in [0.25, 0.3) is 0 Å². The number of rotatable bonds is 4. The second-order valence-electron chi connectivity index (χ2n) is 10.8. The van der Waals surface area contributed by atoms with Gasteiger partial charge in [0.05, 0.1) is 18.2 Å². The summed E-state index contributed by atoms with van der Waals surface area (Å²) >= 11 is 0. The van der Waals surface area contributed by atoms with Crippen molar-refractivity contribution >= 4 is 0 Å². The number of aromatic hydroxyl groups is 2. The number of benzene rings is 2. The zero-order chi connectivity index (χ0) is 26.2. The maximum Gasteiger partial charge on any atom is 0.231 e. The highest BCUT2D eigenvalue weighted by molar-refractivity contribution is 5.66. The van der Waals surface area contributed by atoms with Gasteiger partial charge < -0.3 is 25.0 Å². The molecule has 0 spiro atoms. The summed E-state index contributed by atoms with van der Waals surface area (Å²) in [7, 11) is 2.07. The van der Waals surface area contributed by atoms with Crippen molar-refractivity contribution in [3.63, 3.8) is 0 Å². The molecule has 0 amide bonds. The van der Waals surface area contributed by atoms with Crippen molar-refractivity contribution in [1.82, 2.24) is 15.1 Å². The number of hydrogen-bond donors (Lipinski definition) is 3. The van der Waals surface area contributed by atoms with Gasteiger partial charge in [-0.15, -0.1) is 6.58 Å². The fraction of sp³-hybridized carbons (Fsp3) is 0.483. The fourth-order valence-electron chi connectivity index (χ4n) is 7.23. The van der Waals surface area contributed by atoms with E-state index in [1.54, 1.807) is 0 Å². The molecule has 1 saturated heterocycles. The molecular weight excluding hydrogens is 468 g/mol. The Morgan fingerprint density at radius 3 is 2.59 bits per heavy atom. The van der Waals surface area contributed by atoms with E-state index in [0.29, 0.717) is 48.7 Å². The van der Waals surface area contributed by atoms with Crippen LogP contribution in [0.1, 0.15) is 51.0 Å². The van der Waals surface area contributed by atoms with Crippen molar-refractivity contribution in [2.45, 2.75) is 63.8 Å². The molecular formula is C29H34N4O4. The third kappa shape index (κ3) is 3.24. The van der Waals surface area contributed by atoms with Crippen molar-refractivity contribution in [2.24, 2.45) is 0 Å². The first-order valence-corrected chi connectivity index (χ1v) is 13.0. The number of fused-ring (bicyclic) bond motifs is 9. The van der Waals surface area contributed by atoms with E-state index >= 15 is 0 Å². The number of phenolic OH excluding ortho intramolecular Hbond substituents is 2. The van der Waals surface area contributed by atoms with E-state index in [1.807, 2.05) is 26.8 Å². The largest absolute Gasteiger partial charge is 0.507 e. The Bertz CT molecular complexity index is 1350. The van der Waals surface area contributed by atoms with Crippen molar-refractivity contribution in [3.8, 4) is 29.1 Å². The number of nitriles is 1. The Balaban J connectivity index is 1.59. The van der Waals surface area contributed by atoms with E-state index in [0.717, 1.165) is 33.4 Å². The monoisotopic (exact) mass is 502 g/mol. The van der Waals surface area contributed by atoms with Crippen LogP contribution in [-0.2, 0) is 12.8 Å². The second kappa shape index (κ2) is 8.66. The van der Waals surface area contributed by atoms with E-state index in [-0.39, 0.29) is 42.8 Å². The minimum atomic E-state index is -0.381. The molecule has 8 heteroatoms. The predicted molar refractivity (Wildman–Crippen MR) is 139 cm³/mol. The lowest BCUT2D eigenvalue weighted by molar-refractivity contribution is -0.0723. The maximum atomic E-state index is 11.4. The van der Waals surface area contributed by atoms with Gasteiger partial charge >= 0.3 is 0 Å². The predicted octanol–water partition coefficient (Wildman–Crippen LogP) is 3.30. The third-order valence-electron chi connectivity index (χ3n) is 9.09. The Kier molecular flexibility index (Phi) is 5.64. The van der Waals surface area contributed by atoms with Gasteiger partial charge in [0.2, 0.25) is 6.79 Å². The molecule has 5 atom stereocenters. The van der Waals surface area contributed by atoms with Gasteiger partial charge in [-0.25, -0.2) is 0 Å². The lowest BCUT2D eigenvalue weighted by Crippen LogP contribution is -2.68. The van der Waals surface area contributed by atoms with Crippen LogP contribution in [0.25, 0.3) is 0 Å². The normalized spacial score (nSPS) is 27.7. The fourth-order valence-corrected chi connectivity index (χ4v) is 7.23. The van der Waals surface area contributed by atoms with Crippen LogP contribution in [0.15, 0.2) is 18.7 Å². The van der Waals surface area contributed by atoms with Gasteiger partial charge in [0.1, 0.15) is 17.5 Å². The number of phenols is 2. The molecule has 4 heterocycles. The number of piperazine rings is 1. The first-order chi connectivity index (χ1) is 17.8. The Morgan fingerprint density at radius 1 is 1.11 bits per heavy atom. The summed E-state index contributed by atoms with van der Waals surface area (Å²) in [5.74, 6) is 1.83. The molecule has 1 unspecified atom stereocenters. The van der Waals surface area contributed by atoms with Gasteiger partial charge in [-0.1, -0.05) is 12.1 Å². The molecule has 0 saturated carbocycles. The van der Waals surface area contributed by atoms with Crippen LogP contribution in [0, 0.1) is 32.1 Å². The summed E-state index contributed by atoms with van der Waals surface area (Å²) in [6.45, 7) is 11.0. The highest BCUT2D eigenvalue weighted by atomic mass is 16.7. The Hall–Kier alpha value is -3.25. The number of nitrogens with zero attached hydrogens (tertiary/aromatic N) is 3. The standard InChI is InChI=1S/C29H34N4O4/c1-6-7-31-12-22-24-18(26(34)16(4)28-29(24)37-13-36-28)10-20-25-23-17(8-14(2)15(3)27(23)35)9-19(32(25)5)21(11-30)33(20)22/h6,8,19-22,25,31,34-35H,1,7,9-10,12-13H2,2-5H3/t19-,20?,21-,22-,25-/m0/s1.